The van der Waals surface area contributed by atoms with Crippen LogP contribution in [0.5, 0.6) is 0 Å². The van der Waals surface area contributed by atoms with Crippen LogP contribution in [0.25, 0.3) is 0 Å². The van der Waals surface area contributed by atoms with Crippen molar-refractivity contribution in [3.63, 3.8) is 0 Å². The van der Waals surface area contributed by atoms with Crippen molar-refractivity contribution >= 4 is 17.5 Å². The average Bonchev–Trinajstić information content (AvgIpc) is 2.63. The highest BCUT2D eigenvalue weighted by Crippen LogP contribution is 2.17. The fourth-order valence-corrected chi connectivity index (χ4v) is 2.48. The Morgan fingerprint density at radius 3 is 2.27 bits per heavy atom. The van der Waals surface area contributed by atoms with E-state index in [4.69, 9.17) is 10.5 Å². The minimum absolute atomic E-state index is 0.0584. The van der Waals surface area contributed by atoms with Gasteiger partial charge in [0.2, 0.25) is 5.91 Å². The van der Waals surface area contributed by atoms with Crippen molar-refractivity contribution < 1.29 is 19.2 Å². The number of carbonyl (C=O) groups is 2. The lowest BCUT2D eigenvalue weighted by atomic mass is 10.0. The molecule has 0 aliphatic carbocycles. The number of hydrogen-bond donors (Lipinski definition) is 2. The van der Waals surface area contributed by atoms with Crippen LogP contribution in [0, 0.1) is 10.1 Å². The van der Waals surface area contributed by atoms with Gasteiger partial charge in [0.1, 0.15) is 6.04 Å². The number of nitrogens with zero attached hydrogens (tertiary/aromatic N) is 1. The number of nitro benzene ring substituents is 1. The van der Waals surface area contributed by atoms with Gasteiger partial charge in [-0.05, 0) is 11.1 Å². The third-order valence-electron chi connectivity index (χ3n) is 3.82. The third-order valence-corrected chi connectivity index (χ3v) is 3.82. The third kappa shape index (κ3) is 4.87. The van der Waals surface area contributed by atoms with E-state index < -0.39 is 28.9 Å². The smallest absolute Gasteiger partial charge is 0.269 e. The average molecular weight is 357 g/mol. The summed E-state index contributed by atoms with van der Waals surface area (Å²) in [6.45, 7) is 0. The Kier molecular flexibility index (Phi) is 6.40. The number of rotatable bonds is 8. The van der Waals surface area contributed by atoms with E-state index in [1.807, 2.05) is 6.07 Å². The van der Waals surface area contributed by atoms with E-state index in [-0.39, 0.29) is 12.1 Å². The molecule has 8 heteroatoms. The number of benzene rings is 2. The van der Waals surface area contributed by atoms with E-state index in [0.29, 0.717) is 11.1 Å². The number of carbonyl (C=O) groups excluding carboxylic acids is 2. The summed E-state index contributed by atoms with van der Waals surface area (Å²) in [7, 11) is 1.40. The minimum Gasteiger partial charge on any atom is -0.368 e. The first-order valence-electron chi connectivity index (χ1n) is 7.83. The lowest BCUT2D eigenvalue weighted by Crippen LogP contribution is -2.47. The summed E-state index contributed by atoms with van der Waals surface area (Å²) < 4.78 is 5.23. The number of nitro groups is 1. The predicted octanol–water partition coefficient (Wildman–Crippen LogP) is 1.50. The second kappa shape index (κ2) is 8.72. The van der Waals surface area contributed by atoms with Gasteiger partial charge in [-0.15, -0.1) is 0 Å². The second-order valence-corrected chi connectivity index (χ2v) is 5.62. The van der Waals surface area contributed by atoms with Crippen LogP contribution in [0.15, 0.2) is 54.6 Å². The summed E-state index contributed by atoms with van der Waals surface area (Å²) in [5, 5.41) is 13.3. The molecule has 0 aliphatic rings. The zero-order valence-electron chi connectivity index (χ0n) is 14.1. The highest BCUT2D eigenvalue weighted by atomic mass is 16.6. The Bertz CT molecular complexity index is 777. The molecular formula is C18H19N3O5. The quantitative estimate of drug-likeness (QED) is 0.547. The van der Waals surface area contributed by atoms with E-state index in [1.165, 1.54) is 31.4 Å². The summed E-state index contributed by atoms with van der Waals surface area (Å²) in [6.07, 6.45) is -0.764. The maximum absolute atomic E-state index is 12.5. The minimum atomic E-state index is -0.967. The van der Waals surface area contributed by atoms with Gasteiger partial charge in [0.05, 0.1) is 4.92 Å². The van der Waals surface area contributed by atoms with Gasteiger partial charge in [0, 0.05) is 25.7 Å². The molecule has 0 heterocycles. The number of primary amides is 1. The number of non-ortho nitro benzene ring substituents is 1. The first-order chi connectivity index (χ1) is 12.4. The molecule has 0 radical (unpaired) electrons. The molecule has 2 amide bonds. The van der Waals surface area contributed by atoms with Crippen LogP contribution in [0.1, 0.15) is 17.2 Å². The SMILES string of the molecule is CO[C@@H](C(=O)N[C@@H](Cc1ccc([N+](=O)[O-])cc1)C(N)=O)c1ccccc1. The van der Waals surface area contributed by atoms with Gasteiger partial charge in [-0.2, -0.15) is 0 Å². The van der Waals surface area contributed by atoms with Gasteiger partial charge in [-0.3, -0.25) is 19.7 Å². The summed E-state index contributed by atoms with van der Waals surface area (Å²) in [6, 6.07) is 13.6. The molecule has 0 aromatic heterocycles. The van der Waals surface area contributed by atoms with Crippen molar-refractivity contribution in [2.45, 2.75) is 18.6 Å². The molecular weight excluding hydrogens is 338 g/mol. The van der Waals surface area contributed by atoms with E-state index >= 15 is 0 Å². The van der Waals surface area contributed by atoms with Crippen LogP contribution in [0.4, 0.5) is 5.69 Å². The van der Waals surface area contributed by atoms with Crippen molar-refractivity contribution in [3.05, 3.63) is 75.8 Å². The number of nitrogens with one attached hydrogen (secondary N) is 1. The molecule has 8 nitrogen and oxygen atoms in total. The van der Waals surface area contributed by atoms with Crippen LogP contribution in [-0.4, -0.2) is 29.9 Å². The Hall–Kier alpha value is -3.26. The molecule has 26 heavy (non-hydrogen) atoms. The Balaban J connectivity index is 2.10. The number of nitrogens with two attached hydrogens (primary N) is 1. The normalized spacial score (nSPS) is 12.8. The topological polar surface area (TPSA) is 125 Å². The lowest BCUT2D eigenvalue weighted by molar-refractivity contribution is -0.384. The maximum Gasteiger partial charge on any atom is 0.269 e. The number of methoxy groups -OCH3 is 1. The monoisotopic (exact) mass is 357 g/mol. The van der Waals surface area contributed by atoms with Crippen LogP contribution >= 0.6 is 0 Å². The summed E-state index contributed by atoms with van der Waals surface area (Å²) in [5.74, 6) is -1.20. The zero-order valence-corrected chi connectivity index (χ0v) is 14.1. The number of amides is 2. The van der Waals surface area contributed by atoms with Gasteiger partial charge in [-0.25, -0.2) is 0 Å². The fourth-order valence-electron chi connectivity index (χ4n) is 2.48. The van der Waals surface area contributed by atoms with E-state index in [0.717, 1.165) is 0 Å². The molecule has 0 aliphatic heterocycles. The van der Waals surface area contributed by atoms with E-state index in [2.05, 4.69) is 5.32 Å². The first kappa shape index (κ1) is 19.1. The fraction of sp³-hybridized carbons (Fsp3) is 0.222. The Morgan fingerprint density at radius 1 is 1.15 bits per heavy atom. The Morgan fingerprint density at radius 2 is 1.77 bits per heavy atom. The molecule has 0 saturated carbocycles. The molecule has 136 valence electrons. The second-order valence-electron chi connectivity index (χ2n) is 5.62. The highest BCUT2D eigenvalue weighted by Gasteiger charge is 2.25. The number of ether oxygens (including phenoxy) is 1. The molecule has 3 N–H and O–H groups in total. The molecule has 2 atom stereocenters. The molecule has 0 bridgehead atoms. The van der Waals surface area contributed by atoms with Crippen molar-refractivity contribution in [2.24, 2.45) is 5.73 Å². The van der Waals surface area contributed by atoms with Gasteiger partial charge in [0.15, 0.2) is 6.10 Å². The molecule has 0 unspecified atom stereocenters. The van der Waals surface area contributed by atoms with Crippen molar-refractivity contribution in [3.8, 4) is 0 Å². The van der Waals surface area contributed by atoms with Crippen LogP contribution < -0.4 is 11.1 Å². The first-order valence-corrected chi connectivity index (χ1v) is 7.83. The summed E-state index contributed by atoms with van der Waals surface area (Å²) >= 11 is 0. The lowest BCUT2D eigenvalue weighted by Gasteiger charge is -2.20. The highest BCUT2D eigenvalue weighted by molar-refractivity contribution is 5.89. The van der Waals surface area contributed by atoms with E-state index in [9.17, 15) is 19.7 Å². The van der Waals surface area contributed by atoms with Crippen molar-refractivity contribution in [2.75, 3.05) is 7.11 Å². The van der Waals surface area contributed by atoms with Gasteiger partial charge >= 0.3 is 0 Å². The van der Waals surface area contributed by atoms with Gasteiger partial charge < -0.3 is 15.8 Å². The molecule has 2 rings (SSSR count). The maximum atomic E-state index is 12.5. The Labute approximate surface area is 150 Å². The zero-order chi connectivity index (χ0) is 19.1. The predicted molar refractivity (Wildman–Crippen MR) is 94.1 cm³/mol. The molecule has 0 saturated heterocycles. The molecule has 0 fully saturated rings. The van der Waals surface area contributed by atoms with Gasteiger partial charge in [0.25, 0.3) is 11.6 Å². The summed E-state index contributed by atoms with van der Waals surface area (Å²) in [4.78, 5) is 34.4. The van der Waals surface area contributed by atoms with Crippen molar-refractivity contribution in [1.29, 1.82) is 0 Å². The molecule has 2 aromatic carbocycles. The van der Waals surface area contributed by atoms with Crippen LogP contribution in [-0.2, 0) is 20.7 Å². The summed E-state index contributed by atoms with van der Waals surface area (Å²) in [5.41, 5.74) is 6.61. The van der Waals surface area contributed by atoms with Crippen molar-refractivity contribution in [1.82, 2.24) is 5.32 Å². The van der Waals surface area contributed by atoms with Gasteiger partial charge in [-0.1, -0.05) is 42.5 Å². The van der Waals surface area contributed by atoms with Crippen LogP contribution in [0.3, 0.4) is 0 Å². The van der Waals surface area contributed by atoms with Crippen LogP contribution in [0.2, 0.25) is 0 Å². The number of hydrogen-bond acceptors (Lipinski definition) is 5. The largest absolute Gasteiger partial charge is 0.368 e. The molecule has 2 aromatic rings. The van der Waals surface area contributed by atoms with E-state index in [1.54, 1.807) is 24.3 Å². The standard InChI is InChI=1S/C18H19N3O5/c1-26-16(13-5-3-2-4-6-13)18(23)20-15(17(19)22)11-12-7-9-14(10-8-12)21(24)25/h2-10,15-16H,11H2,1H3,(H2,19,22)(H,20,23)/t15-,16+/m0/s1. The molecule has 0 spiro atoms.